The summed E-state index contributed by atoms with van der Waals surface area (Å²) in [6, 6.07) is 5.86. The average molecular weight is 543 g/mol. The van der Waals surface area contributed by atoms with Gasteiger partial charge in [0.05, 0.1) is 22.2 Å². The lowest BCUT2D eigenvalue weighted by Crippen LogP contribution is -2.49. The minimum Gasteiger partial charge on any atom is -0.504 e. The minimum absolute atomic E-state index is 0.0332. The Labute approximate surface area is 221 Å². The Bertz CT molecular complexity index is 1410. The van der Waals surface area contributed by atoms with E-state index in [1.54, 1.807) is 20.8 Å². The van der Waals surface area contributed by atoms with Crippen molar-refractivity contribution in [3.05, 3.63) is 80.4 Å². The number of phenols is 2. The molecule has 206 valence electrons. The van der Waals surface area contributed by atoms with Crippen molar-refractivity contribution in [2.75, 3.05) is 0 Å². The van der Waals surface area contributed by atoms with Crippen molar-refractivity contribution in [1.82, 2.24) is 20.2 Å². The number of alkyl carbamates (subject to hydrolysis) is 1. The van der Waals surface area contributed by atoms with Crippen molar-refractivity contribution in [3.8, 4) is 17.2 Å². The van der Waals surface area contributed by atoms with Gasteiger partial charge in [-0.1, -0.05) is 6.07 Å². The number of non-ortho nitro benzene ring substituents is 1. The summed E-state index contributed by atoms with van der Waals surface area (Å²) in [7, 11) is 0. The van der Waals surface area contributed by atoms with Crippen molar-refractivity contribution < 1.29 is 34.4 Å². The molecule has 1 atom stereocenters. The summed E-state index contributed by atoms with van der Waals surface area (Å²) in [5.41, 5.74) is -1.20. The van der Waals surface area contributed by atoms with Crippen molar-refractivity contribution in [3.63, 3.8) is 0 Å². The summed E-state index contributed by atoms with van der Waals surface area (Å²) >= 11 is 0. The number of benzene rings is 2. The van der Waals surface area contributed by atoms with Crippen molar-refractivity contribution in [1.29, 1.82) is 0 Å². The Morgan fingerprint density at radius 2 is 1.79 bits per heavy atom. The standard InChI is InChI=1S/C24H26N6O9/c1-24(2,3)39-23(34)27-17(22(33)26-11-14-4-7-20(31)21(32)8-14)9-16-12-25-13-28(16)18-6-5-15(29(35)36)10-19(18)30(37)38/h4-8,10,12-13,17,31-32H,9,11H2,1-3H3,(H,26,33)(H,27,34)/t17-/m0/s1. The number of imidazole rings is 1. The fourth-order valence-corrected chi connectivity index (χ4v) is 3.53. The molecule has 2 aromatic carbocycles. The van der Waals surface area contributed by atoms with Gasteiger partial charge in [0.2, 0.25) is 5.91 Å². The van der Waals surface area contributed by atoms with Crippen LogP contribution in [0.4, 0.5) is 16.2 Å². The highest BCUT2D eigenvalue weighted by molar-refractivity contribution is 5.86. The zero-order valence-corrected chi connectivity index (χ0v) is 21.2. The van der Waals surface area contributed by atoms with Crippen molar-refractivity contribution in [2.45, 2.75) is 45.4 Å². The number of nitro groups is 2. The summed E-state index contributed by atoms with van der Waals surface area (Å²) in [4.78, 5) is 50.9. The first kappa shape index (κ1) is 28.4. The first-order valence-electron chi connectivity index (χ1n) is 11.5. The van der Waals surface area contributed by atoms with E-state index in [2.05, 4.69) is 15.6 Å². The lowest BCUT2D eigenvalue weighted by atomic mass is 10.1. The van der Waals surface area contributed by atoms with E-state index in [0.29, 0.717) is 5.56 Å². The Morgan fingerprint density at radius 1 is 1.08 bits per heavy atom. The summed E-state index contributed by atoms with van der Waals surface area (Å²) in [6.07, 6.45) is 1.49. The van der Waals surface area contributed by atoms with E-state index in [1.807, 2.05) is 0 Å². The number of amides is 2. The lowest BCUT2D eigenvalue weighted by molar-refractivity contribution is -0.394. The minimum atomic E-state index is -1.24. The predicted molar refractivity (Wildman–Crippen MR) is 135 cm³/mol. The molecule has 0 unspecified atom stereocenters. The molecular weight excluding hydrogens is 516 g/mol. The number of carbonyl (C=O) groups excluding carboxylic acids is 2. The molecule has 15 nitrogen and oxygen atoms in total. The van der Waals surface area contributed by atoms with E-state index in [-0.39, 0.29) is 35.8 Å². The van der Waals surface area contributed by atoms with Gasteiger partial charge in [-0.05, 0) is 44.5 Å². The molecule has 3 rings (SSSR count). The molecule has 0 spiro atoms. The van der Waals surface area contributed by atoms with Crippen LogP contribution in [0.3, 0.4) is 0 Å². The number of hydrogen-bond donors (Lipinski definition) is 4. The largest absolute Gasteiger partial charge is 0.504 e. The summed E-state index contributed by atoms with van der Waals surface area (Å²) < 4.78 is 6.55. The van der Waals surface area contributed by atoms with Crippen LogP contribution >= 0.6 is 0 Å². The molecule has 0 aliphatic heterocycles. The van der Waals surface area contributed by atoms with Crippen LogP contribution in [-0.2, 0) is 22.5 Å². The van der Waals surface area contributed by atoms with Gasteiger partial charge < -0.3 is 25.6 Å². The second-order valence-corrected chi connectivity index (χ2v) is 9.39. The lowest BCUT2D eigenvalue weighted by Gasteiger charge is -2.23. The number of nitro benzene ring substituents is 2. The van der Waals surface area contributed by atoms with Gasteiger partial charge in [0.25, 0.3) is 11.4 Å². The monoisotopic (exact) mass is 542 g/mol. The molecule has 39 heavy (non-hydrogen) atoms. The molecule has 0 saturated carbocycles. The number of carbonyl (C=O) groups is 2. The molecule has 0 saturated heterocycles. The number of ether oxygens (including phenoxy) is 1. The molecule has 1 heterocycles. The van der Waals surface area contributed by atoms with Crippen LogP contribution in [-0.4, -0.2) is 53.3 Å². The van der Waals surface area contributed by atoms with Gasteiger partial charge in [0.15, 0.2) is 11.5 Å². The molecule has 4 N–H and O–H groups in total. The average Bonchev–Trinajstić information content (AvgIpc) is 3.30. The second kappa shape index (κ2) is 11.5. The first-order chi connectivity index (χ1) is 18.2. The number of rotatable bonds is 9. The van der Waals surface area contributed by atoms with Gasteiger partial charge in [-0.25, -0.2) is 9.78 Å². The van der Waals surface area contributed by atoms with Gasteiger partial charge in [-0.15, -0.1) is 0 Å². The summed E-state index contributed by atoms with van der Waals surface area (Å²) in [5.74, 6) is -1.36. The van der Waals surface area contributed by atoms with Gasteiger partial charge in [0.1, 0.15) is 17.3 Å². The number of hydrogen-bond acceptors (Lipinski definition) is 10. The summed E-state index contributed by atoms with van der Waals surface area (Å²) in [6.45, 7) is 4.86. The highest BCUT2D eigenvalue weighted by Crippen LogP contribution is 2.29. The Morgan fingerprint density at radius 3 is 2.41 bits per heavy atom. The van der Waals surface area contributed by atoms with Crippen LogP contribution in [0.2, 0.25) is 0 Å². The maximum absolute atomic E-state index is 13.1. The third kappa shape index (κ3) is 7.41. The van der Waals surface area contributed by atoms with E-state index in [1.165, 1.54) is 41.4 Å². The summed E-state index contributed by atoms with van der Waals surface area (Å²) in [5, 5.41) is 47.0. The molecule has 0 aliphatic carbocycles. The highest BCUT2D eigenvalue weighted by Gasteiger charge is 2.28. The number of nitrogens with one attached hydrogen (secondary N) is 2. The Kier molecular flexibility index (Phi) is 8.33. The molecule has 0 fully saturated rings. The fraction of sp³-hybridized carbons (Fsp3) is 0.292. The SMILES string of the molecule is CC(C)(C)OC(=O)N[C@@H](Cc1cncn1-c1ccc([N+](=O)[O-])cc1[N+](=O)[O-])C(=O)NCc1ccc(O)c(O)c1. The second-order valence-electron chi connectivity index (χ2n) is 9.39. The van der Waals surface area contributed by atoms with Gasteiger partial charge >= 0.3 is 6.09 Å². The fourth-order valence-electron chi connectivity index (χ4n) is 3.53. The van der Waals surface area contributed by atoms with Gasteiger partial charge in [0, 0.05) is 30.9 Å². The molecule has 0 radical (unpaired) electrons. The third-order valence-corrected chi connectivity index (χ3v) is 5.27. The van der Waals surface area contributed by atoms with Crippen LogP contribution in [0.5, 0.6) is 11.5 Å². The zero-order valence-electron chi connectivity index (χ0n) is 21.2. The number of nitrogens with zero attached hydrogens (tertiary/aromatic N) is 4. The van der Waals surface area contributed by atoms with Gasteiger partial charge in [-0.3, -0.25) is 29.6 Å². The van der Waals surface area contributed by atoms with E-state index < -0.39 is 44.9 Å². The van der Waals surface area contributed by atoms with Crippen LogP contribution in [0, 0.1) is 20.2 Å². The molecule has 0 aliphatic rings. The van der Waals surface area contributed by atoms with Crippen LogP contribution in [0.15, 0.2) is 48.9 Å². The van der Waals surface area contributed by atoms with E-state index >= 15 is 0 Å². The van der Waals surface area contributed by atoms with Gasteiger partial charge in [-0.2, -0.15) is 0 Å². The zero-order chi connectivity index (χ0) is 28.9. The molecule has 0 bridgehead atoms. The normalized spacial score (nSPS) is 11.9. The number of phenolic OH excluding ortho intramolecular Hbond substituents is 2. The molecular formula is C24H26N6O9. The smallest absolute Gasteiger partial charge is 0.408 e. The van der Waals surface area contributed by atoms with Crippen molar-refractivity contribution >= 4 is 23.4 Å². The maximum atomic E-state index is 13.1. The number of aromatic nitrogens is 2. The van der Waals surface area contributed by atoms with E-state index in [4.69, 9.17) is 4.74 Å². The maximum Gasteiger partial charge on any atom is 0.408 e. The molecule has 2 amide bonds. The van der Waals surface area contributed by atoms with Crippen molar-refractivity contribution in [2.24, 2.45) is 0 Å². The van der Waals surface area contributed by atoms with E-state index in [0.717, 1.165) is 12.1 Å². The molecule has 15 heteroatoms. The van der Waals surface area contributed by atoms with E-state index in [9.17, 15) is 40.0 Å². The third-order valence-electron chi connectivity index (χ3n) is 5.27. The quantitative estimate of drug-likeness (QED) is 0.176. The topological polar surface area (TPSA) is 212 Å². The Balaban J connectivity index is 1.90. The van der Waals surface area contributed by atoms with Crippen LogP contribution in [0.1, 0.15) is 32.0 Å². The highest BCUT2D eigenvalue weighted by atomic mass is 16.6. The molecule has 1 aromatic heterocycles. The van der Waals surface area contributed by atoms with Crippen LogP contribution in [0.25, 0.3) is 5.69 Å². The number of aromatic hydroxyl groups is 2. The first-order valence-corrected chi connectivity index (χ1v) is 11.5. The van der Waals surface area contributed by atoms with Crippen LogP contribution < -0.4 is 10.6 Å². The Hall–Kier alpha value is -5.21. The molecule has 3 aromatic rings. The predicted octanol–water partition coefficient (Wildman–Crippen LogP) is 2.85.